The van der Waals surface area contributed by atoms with E-state index in [0.29, 0.717) is 0 Å². The van der Waals surface area contributed by atoms with E-state index in [1.165, 1.54) is 30.8 Å². The van der Waals surface area contributed by atoms with E-state index in [-0.39, 0.29) is 0 Å². The molecule has 0 atom stereocenters. The van der Waals surface area contributed by atoms with Crippen LogP contribution in [0.5, 0.6) is 0 Å². The van der Waals surface area contributed by atoms with Gasteiger partial charge in [0.2, 0.25) is 0 Å². The molecule has 1 heterocycles. The fourth-order valence-electron chi connectivity index (χ4n) is 1.73. The van der Waals surface area contributed by atoms with Crippen molar-refractivity contribution in [3.8, 4) is 0 Å². The molecule has 0 aliphatic carbocycles. The van der Waals surface area contributed by atoms with Gasteiger partial charge in [0, 0.05) is 11.4 Å². The van der Waals surface area contributed by atoms with Gasteiger partial charge in [0.05, 0.1) is 0 Å². The summed E-state index contributed by atoms with van der Waals surface area (Å²) >= 11 is 1.86. The maximum atomic E-state index is 3.49. The maximum absolute atomic E-state index is 3.49. The third-order valence-corrected chi connectivity index (χ3v) is 3.70. The van der Waals surface area contributed by atoms with E-state index in [0.717, 1.165) is 19.0 Å². The topological polar surface area (TPSA) is 15.3 Å². The van der Waals surface area contributed by atoms with E-state index in [9.17, 15) is 0 Å². The van der Waals surface area contributed by atoms with Crippen molar-refractivity contribution in [2.45, 2.75) is 26.7 Å². The summed E-state index contributed by atoms with van der Waals surface area (Å²) in [4.78, 5) is 3.92. The Morgan fingerprint density at radius 1 is 1.35 bits per heavy atom. The van der Waals surface area contributed by atoms with E-state index in [1.54, 1.807) is 0 Å². The van der Waals surface area contributed by atoms with Crippen LogP contribution in [-0.2, 0) is 6.42 Å². The molecule has 98 valence electrons. The van der Waals surface area contributed by atoms with E-state index >= 15 is 0 Å². The first kappa shape index (κ1) is 14.7. The lowest BCUT2D eigenvalue weighted by Crippen LogP contribution is -2.27. The maximum Gasteiger partial charge on any atom is 0.00579 e. The zero-order valence-corrected chi connectivity index (χ0v) is 12.2. The summed E-state index contributed by atoms with van der Waals surface area (Å²) in [6.45, 7) is 9.14. The van der Waals surface area contributed by atoms with Gasteiger partial charge >= 0.3 is 0 Å². The van der Waals surface area contributed by atoms with Crippen LogP contribution in [0.3, 0.4) is 0 Å². The number of thiophene rings is 1. The van der Waals surface area contributed by atoms with E-state index in [1.807, 2.05) is 11.3 Å². The average Bonchev–Trinajstić information content (AvgIpc) is 2.78. The molecular formula is C14H26N2S. The highest BCUT2D eigenvalue weighted by atomic mass is 32.1. The number of nitrogens with one attached hydrogen (secondary N) is 1. The molecule has 0 unspecified atom stereocenters. The van der Waals surface area contributed by atoms with Crippen molar-refractivity contribution in [2.24, 2.45) is 5.92 Å². The van der Waals surface area contributed by atoms with Gasteiger partial charge in [-0.25, -0.2) is 0 Å². The van der Waals surface area contributed by atoms with Crippen molar-refractivity contribution in [2.75, 3.05) is 33.2 Å². The fourth-order valence-corrected chi connectivity index (χ4v) is 2.43. The molecule has 17 heavy (non-hydrogen) atoms. The van der Waals surface area contributed by atoms with Gasteiger partial charge in [-0.1, -0.05) is 19.9 Å². The third kappa shape index (κ3) is 7.53. The zero-order chi connectivity index (χ0) is 12.5. The lowest BCUT2D eigenvalue weighted by molar-refractivity contribution is 0.330. The van der Waals surface area contributed by atoms with Gasteiger partial charge in [-0.2, -0.15) is 0 Å². The summed E-state index contributed by atoms with van der Waals surface area (Å²) in [6, 6.07) is 4.36. The molecule has 0 amide bonds. The monoisotopic (exact) mass is 254 g/mol. The molecule has 1 rings (SSSR count). The van der Waals surface area contributed by atoms with Gasteiger partial charge in [0.1, 0.15) is 0 Å². The minimum absolute atomic E-state index is 0.756. The van der Waals surface area contributed by atoms with Crippen LogP contribution in [0, 0.1) is 5.92 Å². The number of rotatable bonds is 9. The summed E-state index contributed by atoms with van der Waals surface area (Å²) in [5.74, 6) is 0.756. The van der Waals surface area contributed by atoms with Crippen LogP contribution in [0.15, 0.2) is 17.5 Å². The largest absolute Gasteiger partial charge is 0.316 e. The number of likely N-dealkylation sites (N-methyl/N-ethyl adjacent to an activating group) is 1. The minimum Gasteiger partial charge on any atom is -0.316 e. The Kier molecular flexibility index (Phi) is 7.49. The normalized spacial score (nSPS) is 11.6. The molecule has 1 N–H and O–H groups in total. The van der Waals surface area contributed by atoms with Gasteiger partial charge in [-0.3, -0.25) is 0 Å². The number of hydrogen-bond acceptors (Lipinski definition) is 3. The molecule has 0 bridgehead atoms. The molecule has 0 aromatic carbocycles. The van der Waals surface area contributed by atoms with Gasteiger partial charge < -0.3 is 10.2 Å². The summed E-state index contributed by atoms with van der Waals surface area (Å²) in [7, 11) is 2.22. The molecular weight excluding hydrogens is 228 g/mol. The van der Waals surface area contributed by atoms with E-state index in [2.05, 4.69) is 48.6 Å². The molecule has 2 nitrogen and oxygen atoms in total. The van der Waals surface area contributed by atoms with Crippen LogP contribution >= 0.6 is 11.3 Å². The van der Waals surface area contributed by atoms with Crippen molar-refractivity contribution in [1.82, 2.24) is 10.2 Å². The molecule has 0 spiro atoms. The SMILES string of the molecule is CC(C)CNCCCN(C)CCc1cccs1. The second-order valence-corrected chi connectivity index (χ2v) is 6.12. The Morgan fingerprint density at radius 2 is 2.18 bits per heavy atom. The van der Waals surface area contributed by atoms with Gasteiger partial charge in [-0.15, -0.1) is 11.3 Å². The molecule has 0 aliphatic heterocycles. The standard InChI is InChI=1S/C14H26N2S/c1-13(2)12-15-8-5-9-16(3)10-7-14-6-4-11-17-14/h4,6,11,13,15H,5,7-10,12H2,1-3H3. The molecule has 0 aliphatic rings. The Labute approximate surface area is 110 Å². The molecule has 0 saturated heterocycles. The minimum atomic E-state index is 0.756. The lowest BCUT2D eigenvalue weighted by Gasteiger charge is -2.16. The zero-order valence-electron chi connectivity index (χ0n) is 11.4. The molecule has 0 radical (unpaired) electrons. The molecule has 0 fully saturated rings. The highest BCUT2D eigenvalue weighted by molar-refractivity contribution is 7.09. The molecule has 1 aromatic heterocycles. The van der Waals surface area contributed by atoms with Crippen LogP contribution < -0.4 is 5.32 Å². The third-order valence-electron chi connectivity index (χ3n) is 2.77. The van der Waals surface area contributed by atoms with Crippen LogP contribution in [0.1, 0.15) is 25.1 Å². The first-order valence-electron chi connectivity index (χ1n) is 6.60. The van der Waals surface area contributed by atoms with Gasteiger partial charge in [0.25, 0.3) is 0 Å². The predicted octanol–water partition coefficient (Wildman–Crippen LogP) is 2.86. The second kappa shape index (κ2) is 8.67. The lowest BCUT2D eigenvalue weighted by atomic mass is 10.2. The Hall–Kier alpha value is -0.380. The van der Waals surface area contributed by atoms with Crippen molar-refractivity contribution in [1.29, 1.82) is 0 Å². The van der Waals surface area contributed by atoms with Crippen molar-refractivity contribution in [3.63, 3.8) is 0 Å². The summed E-state index contributed by atoms with van der Waals surface area (Å²) in [5, 5.41) is 5.64. The highest BCUT2D eigenvalue weighted by Crippen LogP contribution is 2.09. The van der Waals surface area contributed by atoms with E-state index in [4.69, 9.17) is 0 Å². The van der Waals surface area contributed by atoms with Crippen LogP contribution in [0.25, 0.3) is 0 Å². The second-order valence-electron chi connectivity index (χ2n) is 5.08. The molecule has 1 aromatic rings. The number of hydrogen-bond donors (Lipinski definition) is 1. The summed E-state index contributed by atoms with van der Waals surface area (Å²) in [5.41, 5.74) is 0. The highest BCUT2D eigenvalue weighted by Gasteiger charge is 2.00. The Morgan fingerprint density at radius 3 is 2.82 bits per heavy atom. The fraction of sp³-hybridized carbons (Fsp3) is 0.714. The summed E-state index contributed by atoms with van der Waals surface area (Å²) in [6.07, 6.45) is 2.43. The first-order valence-corrected chi connectivity index (χ1v) is 7.48. The van der Waals surface area contributed by atoms with Crippen LogP contribution in [0.4, 0.5) is 0 Å². The van der Waals surface area contributed by atoms with Crippen LogP contribution in [0.2, 0.25) is 0 Å². The van der Waals surface area contributed by atoms with Gasteiger partial charge in [0.15, 0.2) is 0 Å². The van der Waals surface area contributed by atoms with E-state index < -0.39 is 0 Å². The Bertz CT molecular complexity index is 270. The summed E-state index contributed by atoms with van der Waals surface area (Å²) < 4.78 is 0. The first-order chi connectivity index (χ1) is 8.18. The average molecular weight is 254 g/mol. The molecule has 3 heteroatoms. The van der Waals surface area contributed by atoms with Crippen LogP contribution in [-0.4, -0.2) is 38.1 Å². The van der Waals surface area contributed by atoms with Crippen molar-refractivity contribution >= 4 is 11.3 Å². The number of nitrogens with zero attached hydrogens (tertiary/aromatic N) is 1. The van der Waals surface area contributed by atoms with Gasteiger partial charge in [-0.05, 0) is 56.9 Å². The predicted molar refractivity (Wildman–Crippen MR) is 77.8 cm³/mol. The Balaban J connectivity index is 1.96. The van der Waals surface area contributed by atoms with Crippen molar-refractivity contribution in [3.05, 3.63) is 22.4 Å². The quantitative estimate of drug-likeness (QED) is 0.682. The van der Waals surface area contributed by atoms with Crippen molar-refractivity contribution < 1.29 is 0 Å². The smallest absolute Gasteiger partial charge is 0.00579 e. The molecule has 0 saturated carbocycles.